The molecule has 0 saturated carbocycles. The third-order valence-corrected chi connectivity index (χ3v) is 5.33. The Bertz CT molecular complexity index is 900. The number of benzene rings is 2. The zero-order valence-electron chi connectivity index (χ0n) is 13.5. The summed E-state index contributed by atoms with van der Waals surface area (Å²) < 4.78 is 61.9. The summed E-state index contributed by atoms with van der Waals surface area (Å²) in [7, 11) is -8.84. The maximum atomic E-state index is 11.8. The highest BCUT2D eigenvalue weighted by atomic mass is 32.2. The molecule has 2 aromatic rings. The number of ether oxygens (including phenoxy) is 1. The van der Waals surface area contributed by atoms with Crippen LogP contribution >= 0.6 is 0 Å². The minimum atomic E-state index is -4.64. The van der Waals surface area contributed by atoms with Gasteiger partial charge in [0.1, 0.15) is 10.6 Å². The maximum absolute atomic E-state index is 11.8. The fourth-order valence-corrected chi connectivity index (χ4v) is 3.88. The molecule has 2 rings (SSSR count). The predicted molar refractivity (Wildman–Crippen MR) is 93.5 cm³/mol. The van der Waals surface area contributed by atoms with Gasteiger partial charge in [-0.2, -0.15) is 8.42 Å². The third kappa shape index (κ3) is 4.79. The summed E-state index contributed by atoms with van der Waals surface area (Å²) in [5.74, 6) is 0.568. The van der Waals surface area contributed by atoms with Crippen molar-refractivity contribution in [1.82, 2.24) is 0 Å². The van der Waals surface area contributed by atoms with Crippen LogP contribution in [-0.4, -0.2) is 28.0 Å². The van der Waals surface area contributed by atoms with Gasteiger partial charge in [0.25, 0.3) is 10.1 Å². The first-order valence-electron chi connectivity index (χ1n) is 7.51. The van der Waals surface area contributed by atoms with Crippen molar-refractivity contribution >= 4 is 20.1 Å². The molecule has 0 unspecified atom stereocenters. The quantitative estimate of drug-likeness (QED) is 0.557. The molecular formula is C16H19NO6S2. The van der Waals surface area contributed by atoms with E-state index in [1.807, 2.05) is 6.92 Å². The van der Waals surface area contributed by atoms with Crippen LogP contribution in [0.3, 0.4) is 0 Å². The van der Waals surface area contributed by atoms with E-state index in [-0.39, 0.29) is 16.0 Å². The molecular weight excluding hydrogens is 366 g/mol. The largest absolute Gasteiger partial charge is 0.494 e. The summed E-state index contributed by atoms with van der Waals surface area (Å²) in [5.41, 5.74) is 0.104. The minimum absolute atomic E-state index is 0.174. The Balaban J connectivity index is 2.57. The van der Waals surface area contributed by atoms with Crippen LogP contribution in [0.4, 0.5) is 0 Å². The Morgan fingerprint density at radius 2 is 1.60 bits per heavy atom. The van der Waals surface area contributed by atoms with Gasteiger partial charge in [0, 0.05) is 5.56 Å². The molecule has 2 aromatic carbocycles. The van der Waals surface area contributed by atoms with Crippen molar-refractivity contribution in [3.05, 3.63) is 42.5 Å². The van der Waals surface area contributed by atoms with E-state index in [2.05, 4.69) is 0 Å². The Labute approximate surface area is 147 Å². The van der Waals surface area contributed by atoms with Crippen molar-refractivity contribution in [2.45, 2.75) is 29.6 Å². The number of sulfonamides is 1. The average molecular weight is 385 g/mol. The van der Waals surface area contributed by atoms with E-state index < -0.39 is 25.0 Å². The molecule has 0 aliphatic carbocycles. The summed E-state index contributed by atoms with van der Waals surface area (Å²) in [6.07, 6.45) is 1.88. The smallest absolute Gasteiger partial charge is 0.295 e. The van der Waals surface area contributed by atoms with Gasteiger partial charge in [-0.3, -0.25) is 4.55 Å². The van der Waals surface area contributed by atoms with Gasteiger partial charge in [-0.25, -0.2) is 13.6 Å². The number of hydrogen-bond donors (Lipinski definition) is 2. The van der Waals surface area contributed by atoms with Gasteiger partial charge in [-0.1, -0.05) is 31.5 Å². The van der Waals surface area contributed by atoms with Crippen LogP contribution in [0.15, 0.2) is 52.3 Å². The van der Waals surface area contributed by atoms with Crippen LogP contribution in [0, 0.1) is 0 Å². The van der Waals surface area contributed by atoms with Crippen LogP contribution in [0.1, 0.15) is 19.8 Å². The van der Waals surface area contributed by atoms with Crippen molar-refractivity contribution in [2.24, 2.45) is 5.14 Å². The molecule has 0 atom stereocenters. The lowest BCUT2D eigenvalue weighted by Gasteiger charge is -2.13. The van der Waals surface area contributed by atoms with E-state index in [1.54, 1.807) is 12.1 Å². The highest BCUT2D eigenvalue weighted by molar-refractivity contribution is 7.89. The lowest BCUT2D eigenvalue weighted by Crippen LogP contribution is -2.15. The summed E-state index contributed by atoms with van der Waals surface area (Å²) >= 11 is 0. The van der Waals surface area contributed by atoms with Crippen LogP contribution in [0.2, 0.25) is 0 Å². The molecule has 0 aliphatic heterocycles. The second kappa shape index (κ2) is 7.52. The second-order valence-corrected chi connectivity index (χ2v) is 8.30. The van der Waals surface area contributed by atoms with Crippen molar-refractivity contribution in [2.75, 3.05) is 6.61 Å². The van der Waals surface area contributed by atoms with E-state index in [0.29, 0.717) is 12.4 Å². The first-order chi connectivity index (χ1) is 11.6. The van der Waals surface area contributed by atoms with E-state index in [4.69, 9.17) is 9.88 Å². The Morgan fingerprint density at radius 1 is 1.00 bits per heavy atom. The lowest BCUT2D eigenvalue weighted by atomic mass is 10.1. The molecule has 136 valence electrons. The topological polar surface area (TPSA) is 124 Å². The minimum Gasteiger partial charge on any atom is -0.494 e. The SMILES string of the molecule is CCCCOc1ccc(-c2c(S(N)(=O)=O)cccc2S(=O)(=O)O)cc1. The van der Waals surface area contributed by atoms with Crippen LogP contribution in [0.25, 0.3) is 11.1 Å². The summed E-state index contributed by atoms with van der Waals surface area (Å²) in [5, 5.41) is 5.19. The Kier molecular flexibility index (Phi) is 5.83. The normalized spacial score (nSPS) is 12.1. The Morgan fingerprint density at radius 3 is 2.12 bits per heavy atom. The molecule has 0 saturated heterocycles. The molecule has 0 bridgehead atoms. The van der Waals surface area contributed by atoms with Crippen LogP contribution in [-0.2, 0) is 20.1 Å². The summed E-state index contributed by atoms with van der Waals surface area (Å²) in [6.45, 7) is 2.58. The summed E-state index contributed by atoms with van der Waals surface area (Å²) in [6, 6.07) is 9.72. The van der Waals surface area contributed by atoms with Gasteiger partial charge >= 0.3 is 0 Å². The monoisotopic (exact) mass is 385 g/mol. The molecule has 0 spiro atoms. The van der Waals surface area contributed by atoms with Gasteiger partial charge in [0.05, 0.1) is 11.5 Å². The molecule has 0 fully saturated rings. The summed E-state index contributed by atoms with van der Waals surface area (Å²) in [4.78, 5) is -0.916. The van der Waals surface area contributed by atoms with E-state index >= 15 is 0 Å². The molecule has 9 heteroatoms. The number of unbranched alkanes of at least 4 members (excludes halogenated alkanes) is 1. The zero-order valence-corrected chi connectivity index (χ0v) is 15.2. The molecule has 0 amide bonds. The van der Waals surface area contributed by atoms with Gasteiger partial charge in [0.15, 0.2) is 0 Å². The molecule has 0 aliphatic rings. The third-order valence-electron chi connectivity index (χ3n) is 3.48. The lowest BCUT2D eigenvalue weighted by molar-refractivity contribution is 0.309. The van der Waals surface area contributed by atoms with Crippen molar-refractivity contribution in [1.29, 1.82) is 0 Å². The highest BCUT2D eigenvalue weighted by Gasteiger charge is 2.24. The zero-order chi connectivity index (χ0) is 18.7. The second-order valence-electron chi connectivity index (χ2n) is 5.38. The molecule has 0 heterocycles. The van der Waals surface area contributed by atoms with E-state index in [9.17, 15) is 21.4 Å². The van der Waals surface area contributed by atoms with Gasteiger partial charge in [0.2, 0.25) is 10.0 Å². The molecule has 25 heavy (non-hydrogen) atoms. The predicted octanol–water partition coefficient (Wildman–Crippen LogP) is 2.43. The number of primary sulfonamides is 1. The Hall–Kier alpha value is -1.94. The highest BCUT2D eigenvalue weighted by Crippen LogP contribution is 2.34. The fourth-order valence-electron chi connectivity index (χ4n) is 2.30. The molecule has 7 nitrogen and oxygen atoms in total. The fraction of sp³-hybridized carbons (Fsp3) is 0.250. The molecule has 3 N–H and O–H groups in total. The standard InChI is InChI=1S/C16H19NO6S2/c1-2-3-11-23-13-9-7-12(8-10-13)16-14(24(17,18)19)5-4-6-15(16)25(20,21)22/h4-10H,2-3,11H2,1H3,(H2,17,18,19)(H,20,21,22). The number of nitrogens with two attached hydrogens (primary N) is 1. The molecule has 0 aromatic heterocycles. The van der Waals surface area contributed by atoms with Crippen molar-refractivity contribution in [3.8, 4) is 16.9 Å². The molecule has 0 radical (unpaired) electrons. The van der Waals surface area contributed by atoms with Crippen LogP contribution < -0.4 is 9.88 Å². The number of rotatable bonds is 7. The van der Waals surface area contributed by atoms with E-state index in [1.165, 1.54) is 24.3 Å². The first kappa shape index (κ1) is 19.4. The van der Waals surface area contributed by atoms with Gasteiger partial charge in [-0.15, -0.1) is 0 Å². The van der Waals surface area contributed by atoms with Gasteiger partial charge in [-0.05, 0) is 36.2 Å². The average Bonchev–Trinajstić information content (AvgIpc) is 2.53. The first-order valence-corrected chi connectivity index (χ1v) is 10.5. The van der Waals surface area contributed by atoms with Crippen molar-refractivity contribution in [3.63, 3.8) is 0 Å². The van der Waals surface area contributed by atoms with Crippen LogP contribution in [0.5, 0.6) is 5.75 Å². The maximum Gasteiger partial charge on any atom is 0.295 e. The van der Waals surface area contributed by atoms with Gasteiger partial charge < -0.3 is 4.74 Å². The van der Waals surface area contributed by atoms with Crippen molar-refractivity contribution < 1.29 is 26.1 Å². The number of hydrogen-bond acceptors (Lipinski definition) is 5. The van der Waals surface area contributed by atoms with E-state index in [0.717, 1.165) is 18.9 Å².